The molecule has 0 N–H and O–H groups in total. The summed E-state index contributed by atoms with van der Waals surface area (Å²) >= 11 is 0. The second-order valence-corrected chi connectivity index (χ2v) is 8.15. The van der Waals surface area contributed by atoms with Crippen LogP contribution in [0.5, 0.6) is 5.75 Å². The number of unbranched alkanes of at least 4 members (excludes halogenated alkanes) is 2. The normalized spacial score (nSPS) is 11.4. The molecule has 2 heterocycles. The van der Waals surface area contributed by atoms with Crippen LogP contribution in [0, 0.1) is 6.92 Å². The van der Waals surface area contributed by atoms with Crippen LogP contribution in [0.3, 0.4) is 0 Å². The number of aromatic nitrogens is 2. The quantitative estimate of drug-likeness (QED) is 0.268. The van der Waals surface area contributed by atoms with E-state index in [1.165, 1.54) is 38.8 Å². The van der Waals surface area contributed by atoms with Crippen LogP contribution in [0.15, 0.2) is 48.8 Å². The zero-order chi connectivity index (χ0) is 22.1. The van der Waals surface area contributed by atoms with Gasteiger partial charge in [0, 0.05) is 24.5 Å². The van der Waals surface area contributed by atoms with Crippen LogP contribution < -0.4 is 4.74 Å². The van der Waals surface area contributed by atoms with Crippen LogP contribution in [0.4, 0.5) is 0 Å². The predicted molar refractivity (Wildman–Crippen MR) is 126 cm³/mol. The largest absolute Gasteiger partial charge is 0.494 e. The summed E-state index contributed by atoms with van der Waals surface area (Å²) in [6.45, 7) is 10.6. The van der Waals surface area contributed by atoms with Gasteiger partial charge in [0.1, 0.15) is 17.1 Å². The Morgan fingerprint density at radius 2 is 1.68 bits per heavy atom. The number of fused-ring (bicyclic) bond motifs is 1. The fraction of sp³-hybridized carbons (Fsp3) is 0.462. The molecular weight excluding hydrogens is 386 g/mol. The van der Waals surface area contributed by atoms with Crippen molar-refractivity contribution in [2.75, 3.05) is 26.2 Å². The second kappa shape index (κ2) is 11.7. The molecule has 0 spiro atoms. The van der Waals surface area contributed by atoms with Crippen LogP contribution >= 0.6 is 0 Å². The van der Waals surface area contributed by atoms with Crippen molar-refractivity contribution in [3.05, 3.63) is 65.6 Å². The first-order valence-corrected chi connectivity index (χ1v) is 11.6. The third kappa shape index (κ3) is 6.41. The number of carbonyl (C=O) groups excluding carboxylic acids is 1. The van der Waals surface area contributed by atoms with E-state index in [9.17, 15) is 4.79 Å². The number of imidazole rings is 1. The lowest BCUT2D eigenvalue weighted by Gasteiger charge is -2.21. The minimum Gasteiger partial charge on any atom is -0.494 e. The molecular formula is C26H35N3O2. The Hall–Kier alpha value is -2.66. The van der Waals surface area contributed by atoms with Crippen molar-refractivity contribution in [2.45, 2.75) is 52.9 Å². The van der Waals surface area contributed by atoms with Crippen molar-refractivity contribution < 1.29 is 9.53 Å². The van der Waals surface area contributed by atoms with E-state index in [-0.39, 0.29) is 5.78 Å². The molecule has 0 saturated carbocycles. The van der Waals surface area contributed by atoms with Gasteiger partial charge in [-0.05, 0) is 75.2 Å². The van der Waals surface area contributed by atoms with E-state index >= 15 is 0 Å². The van der Waals surface area contributed by atoms with Gasteiger partial charge in [-0.25, -0.2) is 4.98 Å². The molecule has 166 valence electrons. The van der Waals surface area contributed by atoms with E-state index in [0.29, 0.717) is 17.9 Å². The van der Waals surface area contributed by atoms with Gasteiger partial charge >= 0.3 is 0 Å². The number of hydrogen-bond acceptors (Lipinski definition) is 4. The van der Waals surface area contributed by atoms with E-state index < -0.39 is 0 Å². The minimum absolute atomic E-state index is 0.0721. The molecule has 0 bridgehead atoms. The number of pyridine rings is 1. The molecule has 0 aliphatic rings. The zero-order valence-corrected chi connectivity index (χ0v) is 19.1. The molecule has 0 atom stereocenters. The van der Waals surface area contributed by atoms with Crippen LogP contribution in [-0.2, 0) is 0 Å². The summed E-state index contributed by atoms with van der Waals surface area (Å²) in [5.41, 5.74) is 2.95. The summed E-state index contributed by atoms with van der Waals surface area (Å²) in [5.74, 6) is 0.730. The summed E-state index contributed by atoms with van der Waals surface area (Å²) < 4.78 is 7.81. The van der Waals surface area contributed by atoms with Gasteiger partial charge in [0.2, 0.25) is 5.78 Å². The maximum absolute atomic E-state index is 12.8. The van der Waals surface area contributed by atoms with Gasteiger partial charge in [-0.2, -0.15) is 0 Å². The maximum Gasteiger partial charge on any atom is 0.212 e. The van der Waals surface area contributed by atoms with Gasteiger partial charge in [0.05, 0.1) is 6.61 Å². The molecule has 2 aromatic heterocycles. The van der Waals surface area contributed by atoms with E-state index in [0.717, 1.165) is 29.9 Å². The average Bonchev–Trinajstić information content (AvgIpc) is 3.23. The summed E-state index contributed by atoms with van der Waals surface area (Å²) in [7, 11) is 0. The highest BCUT2D eigenvalue weighted by atomic mass is 16.5. The van der Waals surface area contributed by atoms with Crippen LogP contribution in [0.2, 0.25) is 0 Å². The first-order chi connectivity index (χ1) is 15.1. The molecule has 0 radical (unpaired) electrons. The molecule has 0 aliphatic heterocycles. The number of carbonyl (C=O) groups is 1. The van der Waals surface area contributed by atoms with E-state index in [4.69, 9.17) is 4.74 Å². The number of ketones is 1. The Kier molecular flexibility index (Phi) is 8.65. The van der Waals surface area contributed by atoms with Gasteiger partial charge in [-0.1, -0.05) is 32.8 Å². The van der Waals surface area contributed by atoms with Gasteiger partial charge < -0.3 is 14.0 Å². The number of benzene rings is 1. The van der Waals surface area contributed by atoms with Gasteiger partial charge in [0.25, 0.3) is 0 Å². The van der Waals surface area contributed by atoms with Crippen molar-refractivity contribution in [1.82, 2.24) is 14.3 Å². The highest BCUT2D eigenvalue weighted by molar-refractivity contribution is 6.08. The molecule has 5 nitrogen and oxygen atoms in total. The van der Waals surface area contributed by atoms with E-state index in [1.807, 2.05) is 53.9 Å². The second-order valence-electron chi connectivity index (χ2n) is 8.15. The number of aryl methyl sites for hydroxylation is 1. The van der Waals surface area contributed by atoms with Crippen molar-refractivity contribution in [1.29, 1.82) is 0 Å². The number of rotatable bonds is 13. The first-order valence-electron chi connectivity index (χ1n) is 11.6. The Morgan fingerprint density at radius 3 is 2.32 bits per heavy atom. The van der Waals surface area contributed by atoms with Crippen LogP contribution in [-0.4, -0.2) is 46.3 Å². The van der Waals surface area contributed by atoms with Gasteiger partial charge in [-0.15, -0.1) is 0 Å². The minimum atomic E-state index is -0.0721. The van der Waals surface area contributed by atoms with Crippen molar-refractivity contribution >= 4 is 11.4 Å². The molecule has 0 unspecified atom stereocenters. The number of hydrogen-bond donors (Lipinski definition) is 0. The van der Waals surface area contributed by atoms with Crippen LogP contribution in [0.25, 0.3) is 5.65 Å². The Balaban J connectivity index is 1.51. The molecule has 5 heteroatoms. The molecule has 0 saturated heterocycles. The Labute approximate surface area is 186 Å². The average molecular weight is 422 g/mol. The Bertz CT molecular complexity index is 954. The molecule has 3 aromatic rings. The third-order valence-corrected chi connectivity index (χ3v) is 5.57. The highest BCUT2D eigenvalue weighted by Crippen LogP contribution is 2.17. The fourth-order valence-electron chi connectivity index (χ4n) is 3.69. The molecule has 3 rings (SSSR count). The lowest BCUT2D eigenvalue weighted by atomic mass is 10.1. The lowest BCUT2D eigenvalue weighted by molar-refractivity contribution is 0.103. The first kappa shape index (κ1) is 23.0. The predicted octanol–water partition coefficient (Wildman–Crippen LogP) is 5.54. The van der Waals surface area contributed by atoms with Crippen molar-refractivity contribution in [3.63, 3.8) is 0 Å². The summed E-state index contributed by atoms with van der Waals surface area (Å²) in [5, 5.41) is 0. The number of ether oxygens (including phenoxy) is 1. The lowest BCUT2D eigenvalue weighted by Crippen LogP contribution is -2.28. The molecule has 31 heavy (non-hydrogen) atoms. The molecule has 1 aromatic carbocycles. The van der Waals surface area contributed by atoms with E-state index in [1.54, 1.807) is 6.20 Å². The topological polar surface area (TPSA) is 46.8 Å². The highest BCUT2D eigenvalue weighted by Gasteiger charge is 2.14. The van der Waals surface area contributed by atoms with Gasteiger partial charge in [0.15, 0.2) is 0 Å². The van der Waals surface area contributed by atoms with E-state index in [2.05, 4.69) is 23.7 Å². The molecule has 0 fully saturated rings. The molecule has 0 aliphatic carbocycles. The Morgan fingerprint density at radius 1 is 1.00 bits per heavy atom. The zero-order valence-electron chi connectivity index (χ0n) is 19.1. The third-order valence-electron chi connectivity index (χ3n) is 5.57. The van der Waals surface area contributed by atoms with Crippen molar-refractivity contribution in [2.24, 2.45) is 0 Å². The van der Waals surface area contributed by atoms with Crippen LogP contribution in [0.1, 0.15) is 67.6 Å². The summed E-state index contributed by atoms with van der Waals surface area (Å²) in [6, 6.07) is 11.3. The molecule has 0 amide bonds. The van der Waals surface area contributed by atoms with Crippen molar-refractivity contribution in [3.8, 4) is 5.75 Å². The number of nitrogens with zero attached hydrogens (tertiary/aromatic N) is 3. The summed E-state index contributed by atoms with van der Waals surface area (Å²) in [6.07, 6.45) is 9.69. The van der Waals surface area contributed by atoms with Gasteiger partial charge in [-0.3, -0.25) is 4.79 Å². The SMILES string of the molecule is CCCCN(CCCC)CCCOc1ccc(C(=O)c2cn3cccc(C)c3n2)cc1. The fourth-order valence-corrected chi connectivity index (χ4v) is 3.69. The smallest absolute Gasteiger partial charge is 0.212 e. The summed E-state index contributed by atoms with van der Waals surface area (Å²) in [4.78, 5) is 19.9. The maximum atomic E-state index is 12.8. The standard InChI is InChI=1S/C26H35N3O2/c1-4-6-15-28(16-7-5-2)17-9-19-31-23-13-11-22(12-14-23)25(30)24-20-29-18-8-10-21(3)26(29)27-24/h8,10-14,18,20H,4-7,9,15-17,19H2,1-3H3. The monoisotopic (exact) mass is 421 g/mol.